The van der Waals surface area contributed by atoms with Crippen LogP contribution in [-0.4, -0.2) is 8.80 Å². The Balaban J connectivity index is 0.999. The highest BCUT2D eigenvalue weighted by Crippen LogP contribution is 2.60. The van der Waals surface area contributed by atoms with Gasteiger partial charge in [0.25, 0.3) is 0 Å². The van der Waals surface area contributed by atoms with E-state index < -0.39 is 5.41 Å². The fraction of sp³-hybridized carbons (Fsp3) is 0.0133. The zero-order valence-corrected chi connectivity index (χ0v) is 41.8. The van der Waals surface area contributed by atoms with E-state index in [9.17, 15) is 0 Å². The number of nitrogens with zero attached hydrogens (tertiary/aromatic N) is 2. The molecule has 2 heteroatoms. The van der Waals surface area contributed by atoms with Crippen LogP contribution in [0.3, 0.4) is 0 Å². The highest BCUT2D eigenvalue weighted by molar-refractivity contribution is 6.30. The Morgan fingerprint density at radius 3 is 1.17 bits per heavy atom. The molecule has 18 rings (SSSR count). The summed E-state index contributed by atoms with van der Waals surface area (Å²) in [5.74, 6) is 0. The minimum Gasteiger partial charge on any atom is -0.308 e. The third-order valence-electron chi connectivity index (χ3n) is 17.9. The lowest BCUT2D eigenvalue weighted by molar-refractivity contribution is 0.768. The summed E-state index contributed by atoms with van der Waals surface area (Å²) in [7, 11) is 0. The predicted molar refractivity (Wildman–Crippen MR) is 324 cm³/mol. The van der Waals surface area contributed by atoms with Crippen molar-refractivity contribution in [2.75, 3.05) is 0 Å². The normalized spacial score (nSPS) is 13.3. The van der Waals surface area contributed by atoms with E-state index in [2.05, 4.69) is 276 Å². The Morgan fingerprint density at radius 2 is 0.597 bits per heavy atom. The van der Waals surface area contributed by atoms with Crippen molar-refractivity contribution in [3.63, 3.8) is 0 Å². The van der Waals surface area contributed by atoms with Crippen molar-refractivity contribution in [3.05, 3.63) is 289 Å². The van der Waals surface area contributed by atoms with Gasteiger partial charge in [-0.2, -0.15) is 0 Å². The average Bonchev–Trinajstić information content (AvgIpc) is 4.34. The first kappa shape index (κ1) is 41.3. The van der Waals surface area contributed by atoms with E-state index in [1.807, 2.05) is 0 Å². The molecule has 354 valence electrons. The van der Waals surface area contributed by atoms with E-state index in [4.69, 9.17) is 0 Å². The van der Waals surface area contributed by atoms with Gasteiger partial charge in [0.2, 0.25) is 0 Å². The van der Waals surface area contributed by atoms with Crippen molar-refractivity contribution in [2.45, 2.75) is 5.41 Å². The number of rotatable bonds is 5. The van der Waals surface area contributed by atoms with Crippen molar-refractivity contribution in [3.8, 4) is 44.5 Å². The van der Waals surface area contributed by atoms with Crippen LogP contribution < -0.4 is 0 Å². The molecule has 0 bridgehead atoms. The summed E-state index contributed by atoms with van der Waals surface area (Å²) < 4.78 is 5.02. The van der Waals surface area contributed by atoms with Crippen molar-refractivity contribution in [1.82, 2.24) is 8.80 Å². The van der Waals surface area contributed by atoms with E-state index >= 15 is 0 Å². The van der Waals surface area contributed by atoms with Crippen molar-refractivity contribution in [2.24, 2.45) is 0 Å². The summed E-state index contributed by atoms with van der Waals surface area (Å²) in [6.07, 6.45) is 0. The van der Waals surface area contributed by atoms with Gasteiger partial charge >= 0.3 is 0 Å². The summed E-state index contributed by atoms with van der Waals surface area (Å²) in [6.45, 7) is 0. The zero-order valence-electron chi connectivity index (χ0n) is 41.8. The van der Waals surface area contributed by atoms with E-state index in [0.29, 0.717) is 0 Å². The molecule has 4 aromatic heterocycles. The molecule has 0 spiro atoms. The highest BCUT2D eigenvalue weighted by atomic mass is 14.9. The molecule has 2 nitrogen and oxygen atoms in total. The topological polar surface area (TPSA) is 8.82 Å². The van der Waals surface area contributed by atoms with Crippen molar-refractivity contribution < 1.29 is 0 Å². The van der Waals surface area contributed by atoms with Crippen LogP contribution in [0.2, 0.25) is 0 Å². The molecule has 13 aromatic carbocycles. The van der Waals surface area contributed by atoms with Gasteiger partial charge in [0.15, 0.2) is 0 Å². The van der Waals surface area contributed by atoms with E-state index in [-0.39, 0.29) is 0 Å². The fourth-order valence-corrected chi connectivity index (χ4v) is 15.0. The van der Waals surface area contributed by atoms with Crippen molar-refractivity contribution in [1.29, 1.82) is 0 Å². The van der Waals surface area contributed by atoms with E-state index in [1.165, 1.54) is 164 Å². The van der Waals surface area contributed by atoms with Crippen LogP contribution in [0.1, 0.15) is 22.3 Å². The fourth-order valence-electron chi connectivity index (χ4n) is 15.0. The zero-order chi connectivity index (χ0) is 50.1. The second-order valence-electron chi connectivity index (χ2n) is 21.3. The molecular weight excluding hydrogens is 929 g/mol. The standard InChI is InChI=1S/C75H44N2/c1-3-20-45(21-4-1)75(46-22-5-2-6-23-46)63-38-10-7-26-57(63)70-58(35-17-39-64(70)75)69-53-29-13-27-47(51-31-18-42-67-71(51)59-36-15-33-55-49-24-8-11-40-65(49)76(67)73(55)59)61(53)44-62-48(28-14-30-54(62)69)52-32-19-43-68-72(52)60-37-16-34-56-50-25-9-12-41-66(50)77(68)74(56)60/h1-44H. The monoisotopic (exact) mass is 972 g/mol. The maximum absolute atomic E-state index is 2.55. The highest BCUT2D eigenvalue weighted by Gasteiger charge is 2.47. The molecule has 0 aliphatic heterocycles. The lowest BCUT2D eigenvalue weighted by atomic mass is 9.67. The second kappa shape index (κ2) is 15.1. The number of hydrogen-bond acceptors (Lipinski definition) is 0. The van der Waals surface area contributed by atoms with Crippen LogP contribution in [0.5, 0.6) is 0 Å². The minimum absolute atomic E-state index is 0.542. The van der Waals surface area contributed by atoms with Gasteiger partial charge in [-0.1, -0.05) is 237 Å². The molecule has 77 heavy (non-hydrogen) atoms. The Bertz CT molecular complexity index is 5050. The first-order chi connectivity index (χ1) is 38.3. The number of aromatic nitrogens is 2. The van der Waals surface area contributed by atoms with Gasteiger partial charge in [-0.3, -0.25) is 0 Å². The number of hydrogen-bond donors (Lipinski definition) is 0. The molecule has 1 aliphatic rings. The summed E-state index contributed by atoms with van der Waals surface area (Å²) >= 11 is 0. The molecule has 0 saturated carbocycles. The molecular formula is C75H44N2. The lowest BCUT2D eigenvalue weighted by Gasteiger charge is -2.34. The number of fused-ring (bicyclic) bond motifs is 17. The van der Waals surface area contributed by atoms with Gasteiger partial charge < -0.3 is 8.80 Å². The van der Waals surface area contributed by atoms with Crippen LogP contribution in [0, 0.1) is 0 Å². The number of benzene rings is 13. The molecule has 1 aliphatic carbocycles. The maximum atomic E-state index is 2.55. The first-order valence-corrected chi connectivity index (χ1v) is 26.9. The maximum Gasteiger partial charge on any atom is 0.0713 e. The van der Waals surface area contributed by atoms with E-state index in [0.717, 1.165) is 0 Å². The molecule has 0 amide bonds. The van der Waals surface area contributed by atoms with Gasteiger partial charge in [0.05, 0.1) is 38.5 Å². The molecule has 0 atom stereocenters. The number of para-hydroxylation sites is 4. The Kier molecular flexibility index (Phi) is 8.09. The van der Waals surface area contributed by atoms with Gasteiger partial charge in [0.1, 0.15) is 0 Å². The van der Waals surface area contributed by atoms with Crippen LogP contribution >= 0.6 is 0 Å². The molecule has 0 saturated heterocycles. The Morgan fingerprint density at radius 1 is 0.221 bits per heavy atom. The quantitative estimate of drug-likeness (QED) is 0.152. The van der Waals surface area contributed by atoms with E-state index in [1.54, 1.807) is 0 Å². The summed E-state index contributed by atoms with van der Waals surface area (Å²) in [5, 5.41) is 15.2. The average molecular weight is 973 g/mol. The van der Waals surface area contributed by atoms with Crippen LogP contribution in [0.25, 0.3) is 142 Å². The summed E-state index contributed by atoms with van der Waals surface area (Å²) in [4.78, 5) is 0. The molecule has 0 fully saturated rings. The molecule has 0 radical (unpaired) electrons. The largest absolute Gasteiger partial charge is 0.308 e. The molecule has 0 N–H and O–H groups in total. The smallest absolute Gasteiger partial charge is 0.0713 e. The Labute approximate surface area is 443 Å². The first-order valence-electron chi connectivity index (χ1n) is 26.9. The third-order valence-corrected chi connectivity index (χ3v) is 17.9. The second-order valence-corrected chi connectivity index (χ2v) is 21.3. The van der Waals surface area contributed by atoms with Gasteiger partial charge in [-0.25, -0.2) is 0 Å². The minimum atomic E-state index is -0.542. The molecule has 4 heterocycles. The van der Waals surface area contributed by atoms with Gasteiger partial charge in [-0.05, 0) is 119 Å². The summed E-state index contributed by atoms with van der Waals surface area (Å²) in [6, 6.07) is 101. The van der Waals surface area contributed by atoms with Gasteiger partial charge in [0, 0.05) is 43.1 Å². The molecule has 0 unspecified atom stereocenters. The van der Waals surface area contributed by atoms with Gasteiger partial charge in [-0.15, -0.1) is 0 Å². The van der Waals surface area contributed by atoms with Crippen LogP contribution in [-0.2, 0) is 5.41 Å². The molecule has 17 aromatic rings. The predicted octanol–water partition coefficient (Wildman–Crippen LogP) is 19.7. The van der Waals surface area contributed by atoms with Crippen molar-refractivity contribution >= 4 is 97.7 Å². The Hall–Kier alpha value is -10.0. The summed E-state index contributed by atoms with van der Waals surface area (Å²) in [5.41, 5.74) is 22.1. The SMILES string of the molecule is c1ccc(C2(c3ccccc3)c3ccccc3-c3c(-c4c5cccc(-c6cccc7c6c6cccc8c9ccccc9n7c86)c5cc5c(-c6cccc7c6c6cccc8c9ccccc9n7c86)cccc45)cccc32)cc1. The lowest BCUT2D eigenvalue weighted by Crippen LogP contribution is -2.28. The van der Waals surface area contributed by atoms with Crippen LogP contribution in [0.4, 0.5) is 0 Å². The van der Waals surface area contributed by atoms with Crippen LogP contribution in [0.15, 0.2) is 267 Å². The third kappa shape index (κ3) is 5.15.